The minimum Gasteiger partial charge on any atom is -0.507 e. The minimum atomic E-state index is -1.90. The quantitative estimate of drug-likeness (QED) is 0.294. The Labute approximate surface area is 185 Å². The van der Waals surface area contributed by atoms with E-state index in [1.807, 2.05) is 0 Å². The molecule has 0 saturated carbocycles. The number of hydrogen-bond donors (Lipinski definition) is 7. The van der Waals surface area contributed by atoms with Gasteiger partial charge in [0.15, 0.2) is 23.4 Å². The summed E-state index contributed by atoms with van der Waals surface area (Å²) >= 11 is 0. The molecule has 0 aromatic heterocycles. The van der Waals surface area contributed by atoms with Crippen molar-refractivity contribution in [1.29, 1.82) is 0 Å². The van der Waals surface area contributed by atoms with Crippen LogP contribution in [-0.2, 0) is 9.53 Å². The molecule has 0 bridgehead atoms. The summed E-state index contributed by atoms with van der Waals surface area (Å²) in [6.07, 6.45) is -10.3. The molecule has 0 amide bonds. The number of carbonyl (C=O) groups is 2. The first-order valence-electron chi connectivity index (χ1n) is 9.74. The highest BCUT2D eigenvalue weighted by molar-refractivity contribution is 6.02. The number of carbonyl (C=O) groups excluding carboxylic acids is 1. The smallest absolute Gasteiger partial charge is 0.335 e. The second-order valence-electron chi connectivity index (χ2n) is 7.65. The third kappa shape index (κ3) is 4.12. The third-order valence-corrected chi connectivity index (χ3v) is 5.41. The van der Waals surface area contributed by atoms with Gasteiger partial charge >= 0.3 is 5.97 Å². The van der Waals surface area contributed by atoms with Crippen LogP contribution in [0.5, 0.6) is 28.7 Å². The molecule has 0 aliphatic carbocycles. The van der Waals surface area contributed by atoms with Crippen molar-refractivity contribution in [3.05, 3.63) is 41.5 Å². The van der Waals surface area contributed by atoms with Crippen molar-refractivity contribution >= 4 is 11.8 Å². The highest BCUT2D eigenvalue weighted by Crippen LogP contribution is 2.43. The molecule has 176 valence electrons. The molecule has 1 fully saturated rings. The molecule has 12 nitrogen and oxygen atoms in total. The molecule has 2 aliphatic rings. The van der Waals surface area contributed by atoms with Crippen LogP contribution < -0.4 is 9.47 Å². The van der Waals surface area contributed by atoms with Crippen LogP contribution in [0.4, 0.5) is 0 Å². The molecular weight excluding hydrogens is 444 g/mol. The number of carboxylic acid groups (broad SMARTS) is 1. The van der Waals surface area contributed by atoms with Crippen LogP contribution in [0.15, 0.2) is 30.3 Å². The zero-order valence-electron chi connectivity index (χ0n) is 16.7. The zero-order chi connectivity index (χ0) is 24.0. The first kappa shape index (κ1) is 22.6. The summed E-state index contributed by atoms with van der Waals surface area (Å²) in [7, 11) is 0. The fraction of sp³-hybridized carbons (Fsp3) is 0.333. The zero-order valence-corrected chi connectivity index (χ0v) is 16.7. The van der Waals surface area contributed by atoms with Gasteiger partial charge in [-0.25, -0.2) is 4.79 Å². The van der Waals surface area contributed by atoms with E-state index in [0.29, 0.717) is 5.56 Å². The molecule has 0 radical (unpaired) electrons. The van der Waals surface area contributed by atoms with Gasteiger partial charge in [-0.3, -0.25) is 4.79 Å². The van der Waals surface area contributed by atoms with Crippen molar-refractivity contribution in [2.45, 2.75) is 43.2 Å². The van der Waals surface area contributed by atoms with E-state index in [1.54, 1.807) is 0 Å². The number of ketones is 1. The number of Topliss-reactive ketones (excluding diaryl/α,β-unsaturated/α-hetero) is 1. The number of aliphatic hydroxyl groups excluding tert-OH is 3. The fourth-order valence-electron chi connectivity index (χ4n) is 3.69. The summed E-state index contributed by atoms with van der Waals surface area (Å²) in [6.45, 7) is 0. The monoisotopic (exact) mass is 464 g/mol. The Morgan fingerprint density at radius 2 is 1.67 bits per heavy atom. The van der Waals surface area contributed by atoms with Gasteiger partial charge in [0.2, 0.25) is 6.29 Å². The molecule has 33 heavy (non-hydrogen) atoms. The van der Waals surface area contributed by atoms with Crippen molar-refractivity contribution < 1.29 is 59.5 Å². The summed E-state index contributed by atoms with van der Waals surface area (Å²) in [6, 6.07) is 6.12. The van der Waals surface area contributed by atoms with Crippen LogP contribution in [0, 0.1) is 0 Å². The van der Waals surface area contributed by atoms with Crippen molar-refractivity contribution in [3.63, 3.8) is 0 Å². The number of aliphatic hydroxyl groups is 3. The molecular formula is C21H20O12. The Bertz CT molecular complexity index is 1100. The Hall–Kier alpha value is -3.58. The Morgan fingerprint density at radius 1 is 0.939 bits per heavy atom. The maximum atomic E-state index is 12.6. The van der Waals surface area contributed by atoms with Gasteiger partial charge in [0.25, 0.3) is 0 Å². The van der Waals surface area contributed by atoms with Crippen molar-refractivity contribution in [1.82, 2.24) is 0 Å². The van der Waals surface area contributed by atoms with Crippen LogP contribution in [0.3, 0.4) is 0 Å². The van der Waals surface area contributed by atoms with Gasteiger partial charge in [-0.2, -0.15) is 0 Å². The molecule has 12 heteroatoms. The SMILES string of the molecule is O=C1C[C@@H](c2ccc(O)c(O)c2)Oc2cc(O[C@@H]3O[C@H](C(=O)O)[C@@H](O)[C@H](O)[C@H]3O)cc(O)c21. The summed E-state index contributed by atoms with van der Waals surface area (Å²) in [5.74, 6) is -3.63. The average molecular weight is 464 g/mol. The van der Waals surface area contributed by atoms with Crippen LogP contribution in [0.25, 0.3) is 0 Å². The maximum absolute atomic E-state index is 12.6. The van der Waals surface area contributed by atoms with Crippen LogP contribution >= 0.6 is 0 Å². The minimum absolute atomic E-state index is 0.0977. The molecule has 0 unspecified atom stereocenters. The maximum Gasteiger partial charge on any atom is 0.335 e. The predicted octanol–water partition coefficient (Wildman–Crippen LogP) is -0.219. The van der Waals surface area contributed by atoms with E-state index in [4.69, 9.17) is 19.3 Å². The van der Waals surface area contributed by atoms with E-state index in [-0.39, 0.29) is 29.2 Å². The lowest BCUT2D eigenvalue weighted by Crippen LogP contribution is -2.61. The summed E-state index contributed by atoms with van der Waals surface area (Å²) in [5, 5.41) is 68.5. The predicted molar refractivity (Wildman–Crippen MR) is 105 cm³/mol. The summed E-state index contributed by atoms with van der Waals surface area (Å²) < 4.78 is 16.2. The molecule has 1 saturated heterocycles. The number of benzene rings is 2. The van der Waals surface area contributed by atoms with Crippen LogP contribution in [0.2, 0.25) is 0 Å². The van der Waals surface area contributed by atoms with Crippen molar-refractivity contribution in [2.75, 3.05) is 0 Å². The van der Waals surface area contributed by atoms with Gasteiger partial charge in [0.05, 0.1) is 6.42 Å². The van der Waals surface area contributed by atoms with Gasteiger partial charge in [0, 0.05) is 12.1 Å². The van der Waals surface area contributed by atoms with E-state index >= 15 is 0 Å². The second-order valence-corrected chi connectivity index (χ2v) is 7.65. The number of hydrogen-bond acceptors (Lipinski definition) is 11. The summed E-state index contributed by atoms with van der Waals surface area (Å²) in [4.78, 5) is 23.9. The first-order chi connectivity index (χ1) is 15.6. The molecule has 2 aliphatic heterocycles. The van der Waals surface area contributed by atoms with Gasteiger partial charge < -0.3 is 50.0 Å². The van der Waals surface area contributed by atoms with Crippen molar-refractivity contribution in [3.8, 4) is 28.7 Å². The van der Waals surface area contributed by atoms with Gasteiger partial charge in [0.1, 0.15) is 47.2 Å². The number of ether oxygens (including phenoxy) is 3. The Balaban J connectivity index is 1.61. The van der Waals surface area contributed by atoms with E-state index < -0.39 is 60.1 Å². The van der Waals surface area contributed by atoms with Gasteiger partial charge in [-0.15, -0.1) is 0 Å². The van der Waals surface area contributed by atoms with Crippen molar-refractivity contribution in [2.24, 2.45) is 0 Å². The number of aliphatic carboxylic acids is 1. The summed E-state index contributed by atoms with van der Waals surface area (Å²) in [5.41, 5.74) is 0.244. The number of aromatic hydroxyl groups is 3. The van der Waals surface area contributed by atoms with E-state index in [2.05, 4.69) is 0 Å². The highest BCUT2D eigenvalue weighted by atomic mass is 16.7. The molecule has 6 atom stereocenters. The Morgan fingerprint density at radius 3 is 2.33 bits per heavy atom. The number of rotatable bonds is 4. The molecule has 2 heterocycles. The van der Waals surface area contributed by atoms with Gasteiger partial charge in [-0.1, -0.05) is 6.07 Å². The second kappa shape index (κ2) is 8.41. The molecule has 2 aromatic rings. The molecule has 0 spiro atoms. The lowest BCUT2D eigenvalue weighted by Gasteiger charge is -2.38. The molecule has 7 N–H and O–H groups in total. The fourth-order valence-corrected chi connectivity index (χ4v) is 3.69. The normalized spacial score (nSPS) is 29.1. The van der Waals surface area contributed by atoms with Crippen LogP contribution in [-0.4, -0.2) is 78.2 Å². The average Bonchev–Trinajstić information content (AvgIpc) is 2.75. The van der Waals surface area contributed by atoms with Gasteiger partial charge in [-0.05, 0) is 17.7 Å². The molecule has 2 aromatic carbocycles. The van der Waals surface area contributed by atoms with Crippen LogP contribution in [0.1, 0.15) is 28.4 Å². The number of phenolic OH excluding ortho intramolecular Hbond substituents is 3. The lowest BCUT2D eigenvalue weighted by atomic mass is 9.95. The lowest BCUT2D eigenvalue weighted by molar-refractivity contribution is -0.271. The Kier molecular flexibility index (Phi) is 5.76. The topological polar surface area (TPSA) is 203 Å². The standard InChI is InChI=1S/C21H20O12/c22-9-2-1-7(3-10(9)23)13-6-12(25)15-11(24)4-8(5-14(15)32-13)31-21-18(28)16(26)17(27)19(33-21)20(29)30/h1-5,13,16-19,21-24,26-28H,6H2,(H,29,30)/t13-,16-,17-,18+,19-,21+/m0/s1. The molecule has 4 rings (SSSR count). The number of phenols is 3. The third-order valence-electron chi connectivity index (χ3n) is 5.41. The highest BCUT2D eigenvalue weighted by Gasteiger charge is 2.48. The van der Waals surface area contributed by atoms with E-state index in [9.17, 15) is 40.2 Å². The number of carboxylic acids is 1. The first-order valence-corrected chi connectivity index (χ1v) is 9.74. The largest absolute Gasteiger partial charge is 0.507 e. The van der Waals surface area contributed by atoms with E-state index in [0.717, 1.165) is 6.07 Å². The number of fused-ring (bicyclic) bond motifs is 1. The van der Waals surface area contributed by atoms with E-state index in [1.165, 1.54) is 24.3 Å².